The Kier molecular flexibility index (Phi) is 5.00. The van der Waals surface area contributed by atoms with Crippen LogP contribution < -0.4 is 4.74 Å². The second-order valence-corrected chi connectivity index (χ2v) is 6.85. The van der Waals surface area contributed by atoms with Gasteiger partial charge in [0.1, 0.15) is 6.04 Å². The predicted molar refractivity (Wildman–Crippen MR) is 101 cm³/mol. The Morgan fingerprint density at radius 1 is 1.32 bits per heavy atom. The highest BCUT2D eigenvalue weighted by atomic mass is 35.5. The molecule has 0 saturated carbocycles. The maximum Gasteiger partial charge on any atom is 0.254 e. The molecule has 3 aromatic rings. The summed E-state index contributed by atoms with van der Waals surface area (Å²) >= 11 is 6.19. The molecular weight excluding hydrogens is 385 g/mol. The van der Waals surface area contributed by atoms with E-state index in [4.69, 9.17) is 20.9 Å². The summed E-state index contributed by atoms with van der Waals surface area (Å²) in [5.74, 6) is -0.0645. The van der Waals surface area contributed by atoms with Crippen LogP contribution in [0.4, 0.5) is 4.39 Å². The van der Waals surface area contributed by atoms with Crippen molar-refractivity contribution in [3.63, 3.8) is 0 Å². The van der Waals surface area contributed by atoms with Crippen molar-refractivity contribution in [3.05, 3.63) is 64.8 Å². The lowest BCUT2D eigenvalue weighted by molar-refractivity contribution is 0.0709. The van der Waals surface area contributed by atoms with Gasteiger partial charge in [-0.15, -0.1) is 0 Å². The van der Waals surface area contributed by atoms with Crippen molar-refractivity contribution in [1.29, 1.82) is 0 Å². The number of rotatable bonds is 4. The average Bonchev–Trinajstić information content (AvgIpc) is 3.37. The van der Waals surface area contributed by atoms with E-state index >= 15 is 0 Å². The summed E-state index contributed by atoms with van der Waals surface area (Å²) in [7, 11) is 1.38. The molecule has 1 aliphatic heterocycles. The van der Waals surface area contributed by atoms with Crippen LogP contribution >= 0.6 is 11.6 Å². The minimum Gasteiger partial charge on any atom is -0.494 e. The molecule has 0 aliphatic carbocycles. The van der Waals surface area contributed by atoms with Gasteiger partial charge in [-0.1, -0.05) is 28.9 Å². The quantitative estimate of drug-likeness (QED) is 0.643. The van der Waals surface area contributed by atoms with E-state index in [9.17, 15) is 9.18 Å². The maximum atomic E-state index is 14.0. The molecule has 1 saturated heterocycles. The van der Waals surface area contributed by atoms with Gasteiger partial charge in [0.15, 0.2) is 11.6 Å². The third-order valence-corrected chi connectivity index (χ3v) is 5.08. The molecule has 4 rings (SSSR count). The standard InChI is InChI=1S/C20H17ClFN3O3/c1-27-17-9-8-12(11-15(17)22)20(26)25-10-4-7-16(25)19-23-18(24-28-19)13-5-2-3-6-14(13)21/h2-3,5-6,8-9,11,16H,4,7,10H2,1H3. The first-order valence-corrected chi connectivity index (χ1v) is 9.19. The highest BCUT2D eigenvalue weighted by Gasteiger charge is 2.35. The van der Waals surface area contributed by atoms with E-state index in [1.54, 1.807) is 23.1 Å². The van der Waals surface area contributed by atoms with Gasteiger partial charge in [0.25, 0.3) is 5.91 Å². The SMILES string of the molecule is COc1ccc(C(=O)N2CCCC2c2nc(-c3ccccc3Cl)no2)cc1F. The average molecular weight is 402 g/mol. The molecule has 0 N–H and O–H groups in total. The van der Waals surface area contributed by atoms with Crippen LogP contribution in [0.15, 0.2) is 47.0 Å². The van der Waals surface area contributed by atoms with E-state index in [0.717, 1.165) is 6.42 Å². The summed E-state index contributed by atoms with van der Waals surface area (Å²) in [5.41, 5.74) is 0.906. The van der Waals surface area contributed by atoms with Crippen molar-refractivity contribution in [3.8, 4) is 17.1 Å². The van der Waals surface area contributed by atoms with Crippen molar-refractivity contribution in [2.24, 2.45) is 0 Å². The number of likely N-dealkylation sites (tertiary alicyclic amines) is 1. The van der Waals surface area contributed by atoms with Crippen LogP contribution in [-0.2, 0) is 0 Å². The Bertz CT molecular complexity index is 1020. The summed E-state index contributed by atoms with van der Waals surface area (Å²) in [5, 5.41) is 4.53. The highest BCUT2D eigenvalue weighted by Crippen LogP contribution is 2.34. The van der Waals surface area contributed by atoms with Gasteiger partial charge >= 0.3 is 0 Å². The zero-order valence-corrected chi connectivity index (χ0v) is 15.8. The number of nitrogens with zero attached hydrogens (tertiary/aromatic N) is 3. The normalized spacial score (nSPS) is 16.4. The number of hydrogen-bond acceptors (Lipinski definition) is 5. The van der Waals surface area contributed by atoms with Crippen molar-refractivity contribution in [2.75, 3.05) is 13.7 Å². The molecule has 0 bridgehead atoms. The number of aromatic nitrogens is 2. The molecule has 0 spiro atoms. The van der Waals surface area contributed by atoms with Gasteiger partial charge in [0, 0.05) is 17.7 Å². The van der Waals surface area contributed by atoms with Gasteiger partial charge in [0.05, 0.1) is 12.1 Å². The van der Waals surface area contributed by atoms with Crippen molar-refractivity contribution >= 4 is 17.5 Å². The molecule has 2 heterocycles. The fourth-order valence-electron chi connectivity index (χ4n) is 3.35. The number of ether oxygens (including phenoxy) is 1. The molecular formula is C20H17ClFN3O3. The van der Waals surface area contributed by atoms with Crippen LogP contribution in [0, 0.1) is 5.82 Å². The molecule has 6 nitrogen and oxygen atoms in total. The lowest BCUT2D eigenvalue weighted by Crippen LogP contribution is -2.30. The Morgan fingerprint density at radius 3 is 2.89 bits per heavy atom. The molecule has 1 aliphatic rings. The van der Waals surface area contributed by atoms with E-state index in [1.165, 1.54) is 19.2 Å². The third kappa shape index (κ3) is 3.33. The first kappa shape index (κ1) is 18.4. The molecule has 8 heteroatoms. The molecule has 1 aromatic heterocycles. The summed E-state index contributed by atoms with van der Waals surface area (Å²) in [6, 6.07) is 11.0. The number of methoxy groups -OCH3 is 1. The van der Waals surface area contributed by atoms with Gasteiger partial charge in [-0.2, -0.15) is 4.98 Å². The van der Waals surface area contributed by atoms with Gasteiger partial charge in [0.2, 0.25) is 11.7 Å². The van der Waals surface area contributed by atoms with Crippen LogP contribution in [0.3, 0.4) is 0 Å². The van der Waals surface area contributed by atoms with Crippen LogP contribution in [0.5, 0.6) is 5.75 Å². The number of amides is 1. The molecule has 144 valence electrons. The summed E-state index contributed by atoms with van der Waals surface area (Å²) < 4.78 is 24.3. The third-order valence-electron chi connectivity index (χ3n) is 4.75. The number of benzene rings is 2. The van der Waals surface area contributed by atoms with Gasteiger partial charge in [-0.3, -0.25) is 4.79 Å². The smallest absolute Gasteiger partial charge is 0.254 e. The minimum atomic E-state index is -0.581. The van der Waals surface area contributed by atoms with E-state index < -0.39 is 5.82 Å². The topological polar surface area (TPSA) is 68.5 Å². The van der Waals surface area contributed by atoms with E-state index in [1.807, 2.05) is 12.1 Å². The first-order valence-electron chi connectivity index (χ1n) is 8.81. The summed E-state index contributed by atoms with van der Waals surface area (Å²) in [6.07, 6.45) is 1.48. The van der Waals surface area contributed by atoms with Gasteiger partial charge < -0.3 is 14.2 Å². The molecule has 28 heavy (non-hydrogen) atoms. The van der Waals surface area contributed by atoms with Gasteiger partial charge in [-0.05, 0) is 43.2 Å². The Morgan fingerprint density at radius 2 is 2.14 bits per heavy atom. The van der Waals surface area contributed by atoms with E-state index in [2.05, 4.69) is 10.1 Å². The van der Waals surface area contributed by atoms with Crippen LogP contribution in [0.2, 0.25) is 5.02 Å². The number of carbonyl (C=O) groups excluding carboxylic acids is 1. The number of carbonyl (C=O) groups is 1. The first-order chi connectivity index (χ1) is 13.6. The van der Waals surface area contributed by atoms with Crippen LogP contribution in [0.25, 0.3) is 11.4 Å². The molecule has 2 aromatic carbocycles. The summed E-state index contributed by atoms with van der Waals surface area (Å²) in [6.45, 7) is 0.529. The Balaban J connectivity index is 1.60. The second kappa shape index (κ2) is 7.59. The van der Waals surface area contributed by atoms with Crippen molar-refractivity contribution in [2.45, 2.75) is 18.9 Å². The van der Waals surface area contributed by atoms with Gasteiger partial charge in [-0.25, -0.2) is 4.39 Å². The van der Waals surface area contributed by atoms with E-state index in [-0.39, 0.29) is 23.3 Å². The Hall–Kier alpha value is -2.93. The van der Waals surface area contributed by atoms with E-state index in [0.29, 0.717) is 35.3 Å². The fourth-order valence-corrected chi connectivity index (χ4v) is 3.57. The number of hydrogen-bond donors (Lipinski definition) is 0. The molecule has 1 unspecified atom stereocenters. The lowest BCUT2D eigenvalue weighted by Gasteiger charge is -2.22. The molecule has 0 radical (unpaired) electrons. The summed E-state index contributed by atoms with van der Waals surface area (Å²) in [4.78, 5) is 19.0. The maximum absolute atomic E-state index is 14.0. The molecule has 1 atom stereocenters. The largest absolute Gasteiger partial charge is 0.494 e. The zero-order chi connectivity index (χ0) is 19.7. The predicted octanol–water partition coefficient (Wildman–Crippen LogP) is 4.52. The zero-order valence-electron chi connectivity index (χ0n) is 15.1. The van der Waals surface area contributed by atoms with Crippen LogP contribution in [-0.4, -0.2) is 34.6 Å². The molecule has 1 amide bonds. The molecule has 1 fully saturated rings. The second-order valence-electron chi connectivity index (χ2n) is 6.44. The van der Waals surface area contributed by atoms with Crippen LogP contribution in [0.1, 0.15) is 35.1 Å². The Labute approximate surface area is 165 Å². The minimum absolute atomic E-state index is 0.0933. The fraction of sp³-hybridized carbons (Fsp3) is 0.250. The lowest BCUT2D eigenvalue weighted by atomic mass is 10.1. The highest BCUT2D eigenvalue weighted by molar-refractivity contribution is 6.33. The van der Waals surface area contributed by atoms with Crippen molar-refractivity contribution < 1.29 is 18.4 Å². The monoisotopic (exact) mass is 401 g/mol. The van der Waals surface area contributed by atoms with Crippen molar-refractivity contribution in [1.82, 2.24) is 15.0 Å². The number of halogens is 2.